The molecule has 33 heavy (non-hydrogen) atoms. The summed E-state index contributed by atoms with van der Waals surface area (Å²) in [6.45, 7) is 0.554. The molecule has 12 nitrogen and oxygen atoms in total. The maximum absolute atomic E-state index is 9.04. The van der Waals surface area contributed by atoms with E-state index < -0.39 is 6.09 Å². The molecule has 0 bridgehead atoms. The Balaban J connectivity index is 0.000000601. The van der Waals surface area contributed by atoms with Crippen LogP contribution in [0.5, 0.6) is 0 Å². The lowest BCUT2D eigenvalue weighted by molar-refractivity contribution is 0.205. The maximum Gasteiger partial charge on any atom is 0.402 e. The largest absolute Gasteiger partial charge is 0.465 e. The number of fused-ring (bicyclic) bond motifs is 1. The molecule has 3 heterocycles. The van der Waals surface area contributed by atoms with Crippen molar-refractivity contribution in [2.24, 2.45) is 5.73 Å². The lowest BCUT2D eigenvalue weighted by Crippen LogP contribution is -2.16. The van der Waals surface area contributed by atoms with E-state index in [1.165, 1.54) is 12.8 Å². The molecule has 4 aromatic rings. The average Bonchev–Trinajstić information content (AvgIpc) is 3.55. The molecule has 3 aromatic heterocycles. The molecule has 1 aromatic carbocycles. The number of aliphatic hydroxyl groups is 1. The fraction of sp³-hybridized carbons (Fsp3) is 0.333. The van der Waals surface area contributed by atoms with Crippen LogP contribution in [-0.2, 0) is 6.54 Å². The van der Waals surface area contributed by atoms with Crippen molar-refractivity contribution >= 4 is 23.2 Å². The van der Waals surface area contributed by atoms with Crippen LogP contribution < -0.4 is 11.1 Å². The summed E-state index contributed by atoms with van der Waals surface area (Å²) in [5.41, 5.74) is 8.30. The van der Waals surface area contributed by atoms with Gasteiger partial charge < -0.3 is 21.3 Å². The van der Waals surface area contributed by atoms with Crippen LogP contribution in [0.15, 0.2) is 42.9 Å². The third kappa shape index (κ3) is 5.41. The van der Waals surface area contributed by atoms with Crippen molar-refractivity contribution in [3.05, 3.63) is 42.9 Å². The van der Waals surface area contributed by atoms with Crippen molar-refractivity contribution in [1.29, 1.82) is 0 Å². The second kappa shape index (κ2) is 10.0. The monoisotopic (exact) mass is 451 g/mol. The van der Waals surface area contributed by atoms with Crippen molar-refractivity contribution in [1.82, 2.24) is 34.7 Å². The third-order valence-electron chi connectivity index (χ3n) is 5.29. The number of anilines is 1. The first-order valence-corrected chi connectivity index (χ1v) is 10.6. The molecule has 0 atom stereocenters. The predicted molar refractivity (Wildman–Crippen MR) is 121 cm³/mol. The Labute approximate surface area is 189 Å². The van der Waals surface area contributed by atoms with Crippen LogP contribution in [0.1, 0.15) is 25.7 Å². The van der Waals surface area contributed by atoms with Gasteiger partial charge in [0.15, 0.2) is 11.2 Å². The summed E-state index contributed by atoms with van der Waals surface area (Å²) in [6, 6.07) is 8.45. The van der Waals surface area contributed by atoms with E-state index in [0.717, 1.165) is 29.7 Å². The highest BCUT2D eigenvalue weighted by Crippen LogP contribution is 2.23. The molecule has 1 amide bonds. The van der Waals surface area contributed by atoms with E-state index in [-0.39, 0.29) is 6.61 Å². The van der Waals surface area contributed by atoms with Crippen LogP contribution >= 0.6 is 0 Å². The van der Waals surface area contributed by atoms with E-state index in [9.17, 15) is 0 Å². The molecule has 5 rings (SSSR count). The highest BCUT2D eigenvalue weighted by Gasteiger charge is 2.17. The van der Waals surface area contributed by atoms with Gasteiger partial charge in [-0.25, -0.2) is 9.78 Å². The number of hydrogen-bond acceptors (Lipinski definition) is 8. The molecule has 1 saturated carbocycles. The third-order valence-corrected chi connectivity index (χ3v) is 5.29. The summed E-state index contributed by atoms with van der Waals surface area (Å²) >= 11 is 0. The molecule has 0 saturated heterocycles. The SMILES string of the molecule is NC(=O)O.OCCn1cc(-c2ccc(-n3nnc4cnc(NC5CCCC5)nc43)cc2)cn1. The van der Waals surface area contributed by atoms with Gasteiger partial charge in [-0.3, -0.25) is 4.68 Å². The van der Waals surface area contributed by atoms with Crippen molar-refractivity contribution < 1.29 is 15.0 Å². The van der Waals surface area contributed by atoms with Gasteiger partial charge in [0.25, 0.3) is 0 Å². The molecule has 1 aliphatic carbocycles. The number of hydrogen-bond donors (Lipinski definition) is 4. The Hall–Kier alpha value is -4.06. The van der Waals surface area contributed by atoms with Gasteiger partial charge in [-0.15, -0.1) is 5.10 Å². The van der Waals surface area contributed by atoms with E-state index in [0.29, 0.717) is 29.7 Å². The molecule has 12 heteroatoms. The minimum Gasteiger partial charge on any atom is -0.465 e. The highest BCUT2D eigenvalue weighted by molar-refractivity contribution is 5.72. The van der Waals surface area contributed by atoms with Gasteiger partial charge in [-0.1, -0.05) is 30.2 Å². The normalized spacial score (nSPS) is 13.6. The highest BCUT2D eigenvalue weighted by atomic mass is 16.4. The van der Waals surface area contributed by atoms with E-state index in [2.05, 4.69) is 36.4 Å². The standard InChI is InChI=1S/C20H22N8O.CH3NO2/c29-10-9-27-13-15(11-22-27)14-5-7-17(8-6-14)28-19-18(25-26-28)12-21-20(24-19)23-16-3-1-2-4-16;2-1(3)4/h5-8,11-13,16,29H,1-4,9-10H2,(H,21,23,24);2H2,(H,3,4). The molecule has 172 valence electrons. The van der Waals surface area contributed by atoms with Crippen LogP contribution in [0.3, 0.4) is 0 Å². The van der Waals surface area contributed by atoms with Gasteiger partial charge in [0.05, 0.1) is 31.2 Å². The first-order chi connectivity index (χ1) is 16.0. The fourth-order valence-corrected chi connectivity index (χ4v) is 3.76. The smallest absolute Gasteiger partial charge is 0.402 e. The fourth-order valence-electron chi connectivity index (χ4n) is 3.76. The Kier molecular flexibility index (Phi) is 6.74. The van der Waals surface area contributed by atoms with Crippen molar-refractivity contribution in [2.45, 2.75) is 38.3 Å². The lowest BCUT2D eigenvalue weighted by atomic mass is 10.1. The first-order valence-electron chi connectivity index (χ1n) is 10.6. The van der Waals surface area contributed by atoms with Crippen LogP contribution in [0.25, 0.3) is 28.0 Å². The van der Waals surface area contributed by atoms with Gasteiger partial charge in [0.1, 0.15) is 0 Å². The van der Waals surface area contributed by atoms with Gasteiger partial charge in [0, 0.05) is 17.8 Å². The number of primary amides is 1. The minimum absolute atomic E-state index is 0.0683. The summed E-state index contributed by atoms with van der Waals surface area (Å²) < 4.78 is 3.46. The van der Waals surface area contributed by atoms with Gasteiger partial charge in [0.2, 0.25) is 5.95 Å². The number of rotatable bonds is 6. The van der Waals surface area contributed by atoms with Gasteiger partial charge in [-0.2, -0.15) is 14.8 Å². The number of benzene rings is 1. The van der Waals surface area contributed by atoms with Crippen LogP contribution in [0.2, 0.25) is 0 Å². The molecule has 0 spiro atoms. The number of aromatic nitrogens is 7. The Morgan fingerprint density at radius 1 is 1.15 bits per heavy atom. The molecule has 0 radical (unpaired) electrons. The second-order valence-electron chi connectivity index (χ2n) is 7.63. The summed E-state index contributed by atoms with van der Waals surface area (Å²) in [5.74, 6) is 0.626. The van der Waals surface area contributed by atoms with Crippen molar-refractivity contribution in [2.75, 3.05) is 11.9 Å². The second-order valence-corrected chi connectivity index (χ2v) is 7.63. The first kappa shape index (κ1) is 22.1. The number of nitrogens with two attached hydrogens (primary N) is 1. The number of nitrogens with zero attached hydrogens (tertiary/aromatic N) is 7. The number of aliphatic hydroxyl groups excluding tert-OH is 1. The molecule has 1 fully saturated rings. The van der Waals surface area contributed by atoms with E-state index in [1.54, 1.807) is 21.8 Å². The number of amides is 1. The molecular formula is C21H25N9O3. The van der Waals surface area contributed by atoms with Crippen LogP contribution in [0, 0.1) is 0 Å². The number of carbonyl (C=O) groups is 1. The number of nitrogens with one attached hydrogen (secondary N) is 1. The van der Waals surface area contributed by atoms with E-state index in [4.69, 9.17) is 15.0 Å². The van der Waals surface area contributed by atoms with Crippen LogP contribution in [0.4, 0.5) is 10.7 Å². The van der Waals surface area contributed by atoms with E-state index in [1.807, 2.05) is 30.5 Å². The Morgan fingerprint density at radius 3 is 2.58 bits per heavy atom. The molecule has 1 aliphatic rings. The topological polar surface area (TPSA) is 170 Å². The zero-order valence-electron chi connectivity index (χ0n) is 17.9. The van der Waals surface area contributed by atoms with E-state index >= 15 is 0 Å². The summed E-state index contributed by atoms with van der Waals surface area (Å²) in [6.07, 6.45) is 8.93. The Morgan fingerprint density at radius 2 is 1.88 bits per heavy atom. The lowest BCUT2D eigenvalue weighted by Gasteiger charge is -2.11. The zero-order chi connectivity index (χ0) is 23.2. The minimum atomic E-state index is -1.33. The quantitative estimate of drug-likeness (QED) is 0.342. The molecule has 0 aliphatic heterocycles. The summed E-state index contributed by atoms with van der Waals surface area (Å²) in [5, 5.41) is 32.4. The van der Waals surface area contributed by atoms with Crippen molar-refractivity contribution in [3.63, 3.8) is 0 Å². The van der Waals surface area contributed by atoms with Crippen molar-refractivity contribution in [3.8, 4) is 16.8 Å². The zero-order valence-corrected chi connectivity index (χ0v) is 17.9. The number of carboxylic acid groups (broad SMARTS) is 1. The molecular weight excluding hydrogens is 426 g/mol. The average molecular weight is 451 g/mol. The summed E-state index contributed by atoms with van der Waals surface area (Å²) in [7, 11) is 0. The van der Waals surface area contributed by atoms with Gasteiger partial charge in [-0.05, 0) is 30.5 Å². The molecule has 0 unspecified atom stereocenters. The Bertz CT molecular complexity index is 1210. The molecule has 5 N–H and O–H groups in total. The maximum atomic E-state index is 9.04. The summed E-state index contributed by atoms with van der Waals surface area (Å²) in [4.78, 5) is 17.8. The predicted octanol–water partition coefficient (Wildman–Crippen LogP) is 2.04. The van der Waals surface area contributed by atoms with Gasteiger partial charge >= 0.3 is 6.09 Å². The van der Waals surface area contributed by atoms with Crippen LogP contribution in [-0.4, -0.2) is 63.7 Å².